The van der Waals surface area contributed by atoms with Gasteiger partial charge in [0.25, 0.3) is 0 Å². The fourth-order valence-corrected chi connectivity index (χ4v) is 4.13. The first kappa shape index (κ1) is 16.8. The highest BCUT2D eigenvalue weighted by molar-refractivity contribution is 5.14. The maximum atomic E-state index is 9.70. The van der Waals surface area contributed by atoms with Gasteiger partial charge in [0.2, 0.25) is 0 Å². The van der Waals surface area contributed by atoms with Gasteiger partial charge in [-0.15, -0.1) is 0 Å². The molecule has 0 spiro atoms. The summed E-state index contributed by atoms with van der Waals surface area (Å²) in [6.45, 7) is 11.6. The van der Waals surface area contributed by atoms with Crippen molar-refractivity contribution in [2.45, 2.75) is 64.8 Å². The zero-order valence-corrected chi connectivity index (χ0v) is 14.2. The molecule has 1 N–H and O–H groups in total. The fraction of sp³-hybridized carbons (Fsp3) is 0.944. The molecule has 0 radical (unpaired) electrons. The van der Waals surface area contributed by atoms with E-state index >= 15 is 0 Å². The SMILES string of the molecule is CCCNC1(C#N)CCCC1CCN1CCC(C)C(C)C1. The summed E-state index contributed by atoms with van der Waals surface area (Å²) in [6, 6.07) is 2.64. The summed E-state index contributed by atoms with van der Waals surface area (Å²) in [7, 11) is 0. The van der Waals surface area contributed by atoms with E-state index in [1.165, 1.54) is 45.3 Å². The molecular formula is C18H33N3. The summed E-state index contributed by atoms with van der Waals surface area (Å²) < 4.78 is 0. The first-order valence-corrected chi connectivity index (χ1v) is 9.00. The molecule has 1 saturated carbocycles. The van der Waals surface area contributed by atoms with Gasteiger partial charge in [-0.25, -0.2) is 0 Å². The molecule has 0 aromatic heterocycles. The minimum absolute atomic E-state index is 0.231. The number of hydrogen-bond acceptors (Lipinski definition) is 3. The van der Waals surface area contributed by atoms with Gasteiger partial charge in [0, 0.05) is 6.54 Å². The Morgan fingerprint density at radius 3 is 2.76 bits per heavy atom. The number of nitrogens with zero attached hydrogens (tertiary/aromatic N) is 2. The van der Waals surface area contributed by atoms with E-state index in [4.69, 9.17) is 0 Å². The predicted molar refractivity (Wildman–Crippen MR) is 88.0 cm³/mol. The number of rotatable bonds is 6. The third kappa shape index (κ3) is 3.99. The van der Waals surface area contributed by atoms with Crippen molar-refractivity contribution in [3.05, 3.63) is 0 Å². The van der Waals surface area contributed by atoms with E-state index in [1.54, 1.807) is 0 Å². The lowest BCUT2D eigenvalue weighted by Gasteiger charge is -2.37. The second-order valence-corrected chi connectivity index (χ2v) is 7.43. The second kappa shape index (κ2) is 7.61. The van der Waals surface area contributed by atoms with Crippen LogP contribution in [0.4, 0.5) is 0 Å². The molecule has 3 heteroatoms. The van der Waals surface area contributed by atoms with E-state index in [0.717, 1.165) is 31.2 Å². The topological polar surface area (TPSA) is 39.1 Å². The van der Waals surface area contributed by atoms with Crippen molar-refractivity contribution in [3.8, 4) is 6.07 Å². The average Bonchev–Trinajstić information content (AvgIpc) is 2.90. The van der Waals surface area contributed by atoms with E-state index in [0.29, 0.717) is 5.92 Å². The fourth-order valence-electron chi connectivity index (χ4n) is 4.13. The summed E-state index contributed by atoms with van der Waals surface area (Å²) in [5.74, 6) is 2.24. The van der Waals surface area contributed by atoms with Crippen LogP contribution in [0, 0.1) is 29.1 Å². The van der Waals surface area contributed by atoms with Crippen molar-refractivity contribution in [2.24, 2.45) is 17.8 Å². The largest absolute Gasteiger partial charge is 0.303 e. The summed E-state index contributed by atoms with van der Waals surface area (Å²) in [5, 5.41) is 13.3. The molecule has 21 heavy (non-hydrogen) atoms. The molecule has 1 aliphatic heterocycles. The Labute approximate surface area is 131 Å². The highest BCUT2D eigenvalue weighted by Crippen LogP contribution is 2.38. The second-order valence-electron chi connectivity index (χ2n) is 7.43. The Kier molecular flexibility index (Phi) is 6.08. The highest BCUT2D eigenvalue weighted by Gasteiger charge is 2.42. The zero-order chi connectivity index (χ0) is 15.3. The normalized spacial score (nSPS) is 37.5. The van der Waals surface area contributed by atoms with Gasteiger partial charge in [-0.1, -0.05) is 27.2 Å². The first-order chi connectivity index (χ1) is 10.1. The Hall–Kier alpha value is -0.590. The van der Waals surface area contributed by atoms with Gasteiger partial charge in [-0.3, -0.25) is 5.32 Å². The molecule has 2 aliphatic rings. The molecule has 1 aliphatic carbocycles. The van der Waals surface area contributed by atoms with E-state index in [9.17, 15) is 5.26 Å². The van der Waals surface area contributed by atoms with Crippen LogP contribution in [0.5, 0.6) is 0 Å². The van der Waals surface area contributed by atoms with Crippen molar-refractivity contribution in [3.63, 3.8) is 0 Å². The molecule has 4 atom stereocenters. The molecule has 1 heterocycles. The van der Waals surface area contributed by atoms with Crippen LogP contribution in [0.3, 0.4) is 0 Å². The highest BCUT2D eigenvalue weighted by atomic mass is 15.1. The van der Waals surface area contributed by atoms with E-state index in [1.807, 2.05) is 0 Å². The minimum atomic E-state index is -0.231. The molecular weight excluding hydrogens is 258 g/mol. The Morgan fingerprint density at radius 1 is 1.29 bits per heavy atom. The molecule has 2 fully saturated rings. The minimum Gasteiger partial charge on any atom is -0.303 e. The number of piperidine rings is 1. The Morgan fingerprint density at radius 2 is 2.10 bits per heavy atom. The van der Waals surface area contributed by atoms with Gasteiger partial charge in [0.05, 0.1) is 6.07 Å². The first-order valence-electron chi connectivity index (χ1n) is 9.00. The summed E-state index contributed by atoms with van der Waals surface area (Å²) in [5.41, 5.74) is -0.231. The summed E-state index contributed by atoms with van der Waals surface area (Å²) >= 11 is 0. The lowest BCUT2D eigenvalue weighted by Crippen LogP contribution is -2.48. The molecule has 0 bridgehead atoms. The number of nitriles is 1. The number of nitrogens with one attached hydrogen (secondary N) is 1. The van der Waals surface area contributed by atoms with E-state index < -0.39 is 0 Å². The van der Waals surface area contributed by atoms with Gasteiger partial charge in [0.1, 0.15) is 5.54 Å². The predicted octanol–water partition coefficient (Wildman–Crippen LogP) is 3.42. The van der Waals surface area contributed by atoms with Crippen molar-refractivity contribution in [1.82, 2.24) is 10.2 Å². The molecule has 1 saturated heterocycles. The number of likely N-dealkylation sites (tertiary alicyclic amines) is 1. The van der Waals surface area contributed by atoms with Crippen molar-refractivity contribution in [1.29, 1.82) is 5.26 Å². The maximum Gasteiger partial charge on any atom is 0.109 e. The molecule has 0 aromatic carbocycles. The van der Waals surface area contributed by atoms with Crippen LogP contribution < -0.4 is 5.32 Å². The monoisotopic (exact) mass is 291 g/mol. The van der Waals surface area contributed by atoms with Crippen molar-refractivity contribution in [2.75, 3.05) is 26.2 Å². The van der Waals surface area contributed by atoms with Gasteiger partial charge in [0.15, 0.2) is 0 Å². The standard InChI is InChI=1S/C18H33N3/c1-4-10-20-18(14-19)9-5-6-17(18)8-12-21-11-7-15(2)16(3)13-21/h15-17,20H,4-13H2,1-3H3. The van der Waals surface area contributed by atoms with E-state index in [-0.39, 0.29) is 5.54 Å². The van der Waals surface area contributed by atoms with Crippen molar-refractivity contribution < 1.29 is 0 Å². The van der Waals surface area contributed by atoms with Gasteiger partial charge < -0.3 is 4.90 Å². The molecule has 120 valence electrons. The van der Waals surface area contributed by atoms with Crippen LogP contribution in [-0.4, -0.2) is 36.6 Å². The third-order valence-electron chi connectivity index (χ3n) is 5.92. The summed E-state index contributed by atoms with van der Waals surface area (Å²) in [4.78, 5) is 2.63. The van der Waals surface area contributed by atoms with Crippen LogP contribution in [0.15, 0.2) is 0 Å². The lowest BCUT2D eigenvalue weighted by molar-refractivity contribution is 0.126. The van der Waals surface area contributed by atoms with Crippen LogP contribution in [0.2, 0.25) is 0 Å². The lowest BCUT2D eigenvalue weighted by atomic mass is 9.84. The van der Waals surface area contributed by atoms with Crippen LogP contribution in [-0.2, 0) is 0 Å². The van der Waals surface area contributed by atoms with Crippen LogP contribution >= 0.6 is 0 Å². The van der Waals surface area contributed by atoms with Crippen molar-refractivity contribution >= 4 is 0 Å². The van der Waals surface area contributed by atoms with Gasteiger partial charge in [-0.05, 0) is 69.5 Å². The quantitative estimate of drug-likeness (QED) is 0.815. The smallest absolute Gasteiger partial charge is 0.109 e. The van der Waals surface area contributed by atoms with E-state index in [2.05, 4.69) is 37.1 Å². The summed E-state index contributed by atoms with van der Waals surface area (Å²) in [6.07, 6.45) is 7.11. The third-order valence-corrected chi connectivity index (χ3v) is 5.92. The number of hydrogen-bond donors (Lipinski definition) is 1. The Balaban J connectivity index is 1.85. The molecule has 4 unspecified atom stereocenters. The van der Waals surface area contributed by atoms with Crippen LogP contribution in [0.25, 0.3) is 0 Å². The van der Waals surface area contributed by atoms with Gasteiger partial charge >= 0.3 is 0 Å². The molecule has 2 rings (SSSR count). The molecule has 3 nitrogen and oxygen atoms in total. The Bertz CT molecular complexity index is 362. The van der Waals surface area contributed by atoms with Crippen LogP contribution in [0.1, 0.15) is 59.3 Å². The average molecular weight is 291 g/mol. The maximum absolute atomic E-state index is 9.70. The van der Waals surface area contributed by atoms with Gasteiger partial charge in [-0.2, -0.15) is 5.26 Å². The zero-order valence-electron chi connectivity index (χ0n) is 14.2. The molecule has 0 aromatic rings. The molecule has 0 amide bonds.